The van der Waals surface area contributed by atoms with Gasteiger partial charge in [-0.15, -0.1) is 0 Å². The fourth-order valence-corrected chi connectivity index (χ4v) is 3.64. The van der Waals surface area contributed by atoms with Crippen LogP contribution in [0.25, 0.3) is 0 Å². The standard InChI is InChI=1S/C23H40N2O7/c1-10-22(11-2,12-3)30-17(27)23(15-13-14-16(23)26)25(19(29)32-21(7,8)9)24-18(28)31-20(4,5)6/h10-15H2,1-9H3,(H,24,28). The monoisotopic (exact) mass is 456 g/mol. The Kier molecular flexibility index (Phi) is 8.73. The number of ketones is 1. The van der Waals surface area contributed by atoms with Crippen LogP contribution in [0.4, 0.5) is 9.59 Å². The zero-order valence-corrected chi connectivity index (χ0v) is 21.0. The van der Waals surface area contributed by atoms with E-state index in [2.05, 4.69) is 5.43 Å². The van der Waals surface area contributed by atoms with Crippen molar-refractivity contribution in [2.45, 2.75) is 123 Å². The van der Waals surface area contributed by atoms with Crippen molar-refractivity contribution < 1.29 is 33.4 Å². The van der Waals surface area contributed by atoms with Gasteiger partial charge in [-0.3, -0.25) is 4.79 Å². The Hall–Kier alpha value is -2.32. The van der Waals surface area contributed by atoms with E-state index in [0.717, 1.165) is 0 Å². The highest BCUT2D eigenvalue weighted by atomic mass is 16.6. The number of Topliss-reactive ketones (excluding diaryl/α,β-unsaturated/α-hetero) is 1. The molecule has 0 aromatic heterocycles. The van der Waals surface area contributed by atoms with Crippen molar-refractivity contribution >= 4 is 23.9 Å². The van der Waals surface area contributed by atoms with Crippen molar-refractivity contribution in [3.8, 4) is 0 Å². The van der Waals surface area contributed by atoms with Gasteiger partial charge < -0.3 is 14.2 Å². The Labute approximate surface area is 191 Å². The van der Waals surface area contributed by atoms with Gasteiger partial charge in [0.05, 0.1) is 0 Å². The smallest absolute Gasteiger partial charge is 0.430 e. The maximum absolute atomic E-state index is 13.6. The lowest BCUT2D eigenvalue weighted by Crippen LogP contribution is -2.67. The largest absolute Gasteiger partial charge is 0.457 e. The van der Waals surface area contributed by atoms with Gasteiger partial charge in [-0.25, -0.2) is 19.8 Å². The molecular weight excluding hydrogens is 416 g/mol. The van der Waals surface area contributed by atoms with Crippen LogP contribution >= 0.6 is 0 Å². The summed E-state index contributed by atoms with van der Waals surface area (Å²) in [5.41, 5.74) is -2.29. The van der Waals surface area contributed by atoms with Crippen LogP contribution in [0, 0.1) is 0 Å². The molecule has 0 spiro atoms. The van der Waals surface area contributed by atoms with E-state index in [1.54, 1.807) is 41.5 Å². The summed E-state index contributed by atoms with van der Waals surface area (Å²) in [7, 11) is 0. The second-order valence-corrected chi connectivity index (χ2v) is 10.2. The van der Waals surface area contributed by atoms with Crippen molar-refractivity contribution in [1.29, 1.82) is 0 Å². The first-order valence-electron chi connectivity index (χ1n) is 11.4. The highest BCUT2D eigenvalue weighted by molar-refractivity contribution is 6.12. The van der Waals surface area contributed by atoms with Crippen LogP contribution in [0.5, 0.6) is 0 Å². The summed E-state index contributed by atoms with van der Waals surface area (Å²) in [6.45, 7) is 15.6. The van der Waals surface area contributed by atoms with E-state index in [9.17, 15) is 19.2 Å². The van der Waals surface area contributed by atoms with E-state index in [1.807, 2.05) is 20.8 Å². The number of ether oxygens (including phenoxy) is 3. The van der Waals surface area contributed by atoms with Crippen molar-refractivity contribution in [3.63, 3.8) is 0 Å². The van der Waals surface area contributed by atoms with E-state index in [-0.39, 0.29) is 12.8 Å². The molecule has 32 heavy (non-hydrogen) atoms. The summed E-state index contributed by atoms with van der Waals surface area (Å²) in [5.74, 6) is -1.38. The van der Waals surface area contributed by atoms with E-state index >= 15 is 0 Å². The maximum Gasteiger partial charge on any atom is 0.430 e. The van der Waals surface area contributed by atoms with Crippen LogP contribution in [0.2, 0.25) is 0 Å². The molecule has 1 aliphatic rings. The molecule has 1 aliphatic carbocycles. The third kappa shape index (κ3) is 6.59. The number of nitrogens with zero attached hydrogens (tertiary/aromatic N) is 1. The fourth-order valence-electron chi connectivity index (χ4n) is 3.64. The SMILES string of the molecule is CCC(CC)(CC)OC(=O)C1(N(NC(=O)OC(C)(C)C)C(=O)OC(C)(C)C)CCCC1=O. The minimum Gasteiger partial charge on any atom is -0.457 e. The molecule has 1 rings (SSSR count). The van der Waals surface area contributed by atoms with Gasteiger partial charge in [0.15, 0.2) is 5.78 Å². The molecule has 0 aromatic carbocycles. The highest BCUT2D eigenvalue weighted by Crippen LogP contribution is 2.37. The van der Waals surface area contributed by atoms with Crippen LogP contribution in [-0.4, -0.2) is 51.3 Å². The minimum absolute atomic E-state index is 0.00688. The van der Waals surface area contributed by atoms with Crippen molar-refractivity contribution in [2.75, 3.05) is 0 Å². The summed E-state index contributed by atoms with van der Waals surface area (Å²) in [4.78, 5) is 52.4. The second-order valence-electron chi connectivity index (χ2n) is 10.2. The van der Waals surface area contributed by atoms with Crippen LogP contribution < -0.4 is 5.43 Å². The van der Waals surface area contributed by atoms with Gasteiger partial charge in [-0.1, -0.05) is 20.8 Å². The van der Waals surface area contributed by atoms with Crippen LogP contribution in [0.15, 0.2) is 0 Å². The number of hydrazine groups is 1. The molecule has 1 unspecified atom stereocenters. The Morgan fingerprint density at radius 3 is 1.78 bits per heavy atom. The lowest BCUT2D eigenvalue weighted by atomic mass is 9.91. The van der Waals surface area contributed by atoms with Crippen LogP contribution in [0.1, 0.15) is 101 Å². The van der Waals surface area contributed by atoms with Crippen LogP contribution in [-0.2, 0) is 23.8 Å². The van der Waals surface area contributed by atoms with Gasteiger partial charge >= 0.3 is 18.2 Å². The zero-order valence-electron chi connectivity index (χ0n) is 21.0. The third-order valence-electron chi connectivity index (χ3n) is 5.54. The van der Waals surface area contributed by atoms with Crippen molar-refractivity contribution in [3.05, 3.63) is 0 Å². The third-order valence-corrected chi connectivity index (χ3v) is 5.54. The number of hydrogen-bond acceptors (Lipinski definition) is 7. The Bertz CT molecular complexity index is 709. The van der Waals surface area contributed by atoms with E-state index in [0.29, 0.717) is 30.7 Å². The number of esters is 1. The molecule has 0 bridgehead atoms. The lowest BCUT2D eigenvalue weighted by molar-refractivity contribution is -0.178. The molecule has 1 atom stereocenters. The van der Waals surface area contributed by atoms with Gasteiger partial charge in [-0.2, -0.15) is 5.01 Å². The lowest BCUT2D eigenvalue weighted by Gasteiger charge is -2.41. The molecule has 0 radical (unpaired) electrons. The quantitative estimate of drug-likeness (QED) is 0.268. The summed E-state index contributed by atoms with van der Waals surface area (Å²) >= 11 is 0. The molecule has 0 aromatic rings. The minimum atomic E-state index is -2.02. The van der Waals surface area contributed by atoms with Gasteiger partial charge in [0.25, 0.3) is 0 Å². The molecule has 1 saturated carbocycles. The number of rotatable bonds is 6. The Morgan fingerprint density at radius 2 is 1.41 bits per heavy atom. The normalized spacial score (nSPS) is 19.3. The topological polar surface area (TPSA) is 111 Å². The maximum atomic E-state index is 13.6. The molecule has 2 amide bonds. The molecule has 0 heterocycles. The number of carbonyl (C=O) groups is 4. The summed E-state index contributed by atoms with van der Waals surface area (Å²) < 4.78 is 16.6. The van der Waals surface area contributed by atoms with Crippen molar-refractivity contribution in [2.24, 2.45) is 0 Å². The molecule has 9 nitrogen and oxygen atoms in total. The predicted octanol–water partition coefficient (Wildman–Crippen LogP) is 4.67. The first kappa shape index (κ1) is 27.7. The molecule has 0 aliphatic heterocycles. The van der Waals surface area contributed by atoms with Gasteiger partial charge in [0, 0.05) is 6.42 Å². The zero-order chi connectivity index (χ0) is 25.0. The number of nitrogens with one attached hydrogen (secondary N) is 1. The molecule has 0 saturated heterocycles. The van der Waals surface area contributed by atoms with Gasteiger partial charge in [0.2, 0.25) is 5.54 Å². The molecule has 9 heteroatoms. The Balaban J connectivity index is 3.48. The fraction of sp³-hybridized carbons (Fsp3) is 0.826. The first-order valence-corrected chi connectivity index (χ1v) is 11.4. The molecule has 1 fully saturated rings. The molecule has 1 N–H and O–H groups in total. The second kappa shape index (κ2) is 10.1. The predicted molar refractivity (Wildman–Crippen MR) is 119 cm³/mol. The van der Waals surface area contributed by atoms with Crippen LogP contribution in [0.3, 0.4) is 0 Å². The molecule has 184 valence electrons. The van der Waals surface area contributed by atoms with Gasteiger partial charge in [-0.05, 0) is 73.6 Å². The van der Waals surface area contributed by atoms with Gasteiger partial charge in [0.1, 0.15) is 16.8 Å². The number of hydrogen-bond donors (Lipinski definition) is 1. The van der Waals surface area contributed by atoms with E-state index < -0.39 is 46.3 Å². The summed E-state index contributed by atoms with van der Waals surface area (Å²) in [6.07, 6.45) is 0.0508. The highest BCUT2D eigenvalue weighted by Gasteiger charge is 2.59. The molecular formula is C23H40N2O7. The van der Waals surface area contributed by atoms with E-state index in [4.69, 9.17) is 14.2 Å². The summed E-state index contributed by atoms with van der Waals surface area (Å²) in [5, 5.41) is 0.676. The summed E-state index contributed by atoms with van der Waals surface area (Å²) in [6, 6.07) is 0. The number of carbonyl (C=O) groups excluding carboxylic acids is 4. The number of amides is 2. The average molecular weight is 457 g/mol. The van der Waals surface area contributed by atoms with E-state index in [1.165, 1.54) is 0 Å². The average Bonchev–Trinajstić information content (AvgIpc) is 3.03. The Morgan fingerprint density at radius 1 is 0.906 bits per heavy atom. The van der Waals surface area contributed by atoms with Crippen molar-refractivity contribution in [1.82, 2.24) is 10.4 Å². The first-order chi connectivity index (χ1) is 14.6.